The molecule has 120 valence electrons. The normalized spacial score (nSPS) is 37.9. The van der Waals surface area contributed by atoms with Crippen molar-refractivity contribution in [2.24, 2.45) is 17.3 Å². The van der Waals surface area contributed by atoms with Gasteiger partial charge in [0.15, 0.2) is 0 Å². The molecule has 0 radical (unpaired) electrons. The van der Waals surface area contributed by atoms with Gasteiger partial charge in [0.2, 0.25) is 5.91 Å². The molecule has 4 nitrogen and oxygen atoms in total. The van der Waals surface area contributed by atoms with E-state index in [0.29, 0.717) is 5.92 Å². The maximum atomic E-state index is 12.3. The average Bonchev–Trinajstić information content (AvgIpc) is 2.70. The maximum absolute atomic E-state index is 12.3. The first-order chi connectivity index (χ1) is 10.3. The predicted molar refractivity (Wildman–Crippen MR) is 84.2 cm³/mol. The molecule has 0 spiro atoms. The smallest absolute Gasteiger partial charge is 0.323 e. The molecule has 0 saturated heterocycles. The van der Waals surface area contributed by atoms with Crippen molar-refractivity contribution in [3.05, 3.63) is 23.3 Å². The van der Waals surface area contributed by atoms with Gasteiger partial charge in [0, 0.05) is 12.0 Å². The minimum absolute atomic E-state index is 0.0478. The molecule has 4 atom stereocenters. The van der Waals surface area contributed by atoms with Crippen molar-refractivity contribution in [1.29, 1.82) is 0 Å². The number of nitrogens with zero attached hydrogens (tertiary/aromatic N) is 1. The van der Waals surface area contributed by atoms with Crippen LogP contribution in [-0.4, -0.2) is 34.5 Å². The van der Waals surface area contributed by atoms with Gasteiger partial charge in [-0.25, -0.2) is 0 Å². The highest BCUT2D eigenvalue weighted by molar-refractivity contribution is 5.94. The molecule has 22 heavy (non-hydrogen) atoms. The van der Waals surface area contributed by atoms with Crippen molar-refractivity contribution in [2.75, 3.05) is 6.54 Å². The lowest BCUT2D eigenvalue weighted by atomic mass is 9.68. The highest BCUT2D eigenvalue weighted by Crippen LogP contribution is 2.50. The summed E-state index contributed by atoms with van der Waals surface area (Å²) in [5, 5.41) is 9.13. The summed E-state index contributed by atoms with van der Waals surface area (Å²) in [4.78, 5) is 25.0. The van der Waals surface area contributed by atoms with Crippen LogP contribution in [0.4, 0.5) is 0 Å². The molecule has 2 bridgehead atoms. The predicted octanol–water partition coefficient (Wildman–Crippen LogP) is 3.00. The number of carboxylic acid groups (broad SMARTS) is 1. The van der Waals surface area contributed by atoms with E-state index >= 15 is 0 Å². The molecule has 0 aromatic carbocycles. The van der Waals surface area contributed by atoms with E-state index in [2.05, 4.69) is 26.8 Å². The Morgan fingerprint density at radius 3 is 2.86 bits per heavy atom. The van der Waals surface area contributed by atoms with Crippen LogP contribution in [0.1, 0.15) is 46.5 Å². The summed E-state index contributed by atoms with van der Waals surface area (Å²) in [5.41, 5.74) is 2.75. The lowest BCUT2D eigenvalue weighted by Crippen LogP contribution is -2.43. The molecule has 1 heterocycles. The standard InChI is InChI=1S/C18H25NO3/c1-11-4-5-13-8-12(2)18(11,3)7-6-14-9-15(20)19(17(13)14)10-16(21)22/h8-9,11,13,17H,4-7,10H2,1-3H3,(H,21,22)/t11?,13?,17-,18?/m1/s1. The fourth-order valence-corrected chi connectivity index (χ4v) is 4.55. The summed E-state index contributed by atoms with van der Waals surface area (Å²) in [5.74, 6) is -0.188. The maximum Gasteiger partial charge on any atom is 0.323 e. The van der Waals surface area contributed by atoms with Crippen molar-refractivity contribution in [2.45, 2.75) is 52.5 Å². The van der Waals surface area contributed by atoms with E-state index < -0.39 is 5.97 Å². The molecule has 0 fully saturated rings. The Kier molecular flexibility index (Phi) is 3.66. The van der Waals surface area contributed by atoms with E-state index in [9.17, 15) is 9.59 Å². The van der Waals surface area contributed by atoms with Crippen molar-refractivity contribution < 1.29 is 14.7 Å². The second kappa shape index (κ2) is 5.25. The molecular formula is C18H25NO3. The second-order valence-electron chi connectivity index (χ2n) is 7.43. The van der Waals surface area contributed by atoms with Gasteiger partial charge < -0.3 is 10.0 Å². The van der Waals surface area contributed by atoms with E-state index in [-0.39, 0.29) is 29.8 Å². The molecule has 0 aromatic heterocycles. The number of aliphatic carboxylic acids is 1. The number of carboxylic acids is 1. The molecule has 1 aliphatic heterocycles. The number of carbonyl (C=O) groups is 2. The van der Waals surface area contributed by atoms with Crippen LogP contribution >= 0.6 is 0 Å². The summed E-state index contributed by atoms with van der Waals surface area (Å²) in [6, 6.07) is -0.0478. The van der Waals surface area contributed by atoms with Crippen LogP contribution in [0.25, 0.3) is 0 Å². The molecule has 0 saturated carbocycles. The Bertz CT molecular complexity index is 577. The highest BCUT2D eigenvalue weighted by Gasteiger charge is 2.45. The number of carbonyl (C=O) groups excluding carboxylic acids is 1. The van der Waals surface area contributed by atoms with Crippen molar-refractivity contribution in [3.63, 3.8) is 0 Å². The number of amides is 1. The van der Waals surface area contributed by atoms with E-state index in [4.69, 9.17) is 5.11 Å². The summed E-state index contributed by atoms with van der Waals surface area (Å²) in [6.45, 7) is 6.69. The molecule has 3 rings (SSSR count). The minimum atomic E-state index is -0.933. The van der Waals surface area contributed by atoms with Crippen molar-refractivity contribution in [1.82, 2.24) is 4.90 Å². The third kappa shape index (κ3) is 2.29. The average molecular weight is 303 g/mol. The quantitative estimate of drug-likeness (QED) is 0.798. The van der Waals surface area contributed by atoms with Gasteiger partial charge in [0.1, 0.15) is 6.54 Å². The van der Waals surface area contributed by atoms with Crippen LogP contribution in [0.5, 0.6) is 0 Å². The molecule has 1 amide bonds. The van der Waals surface area contributed by atoms with Gasteiger partial charge in [-0.3, -0.25) is 9.59 Å². The number of allylic oxidation sites excluding steroid dienone is 1. The topological polar surface area (TPSA) is 57.6 Å². The van der Waals surface area contributed by atoms with E-state index in [1.807, 2.05) is 0 Å². The fraction of sp³-hybridized carbons (Fsp3) is 0.667. The molecule has 2 aliphatic carbocycles. The summed E-state index contributed by atoms with van der Waals surface area (Å²) in [7, 11) is 0. The zero-order valence-electron chi connectivity index (χ0n) is 13.6. The van der Waals surface area contributed by atoms with Crippen LogP contribution in [-0.2, 0) is 9.59 Å². The summed E-state index contributed by atoms with van der Waals surface area (Å²) >= 11 is 0. The van der Waals surface area contributed by atoms with Gasteiger partial charge in [0.05, 0.1) is 6.04 Å². The Morgan fingerprint density at radius 2 is 2.18 bits per heavy atom. The first-order valence-corrected chi connectivity index (χ1v) is 8.24. The zero-order valence-corrected chi connectivity index (χ0v) is 13.6. The monoisotopic (exact) mass is 303 g/mol. The Balaban J connectivity index is 2.02. The van der Waals surface area contributed by atoms with E-state index in [0.717, 1.165) is 31.3 Å². The number of fused-ring (bicyclic) bond motifs is 4. The lowest BCUT2D eigenvalue weighted by molar-refractivity contribution is -0.143. The number of hydrogen-bond donors (Lipinski definition) is 1. The molecule has 3 unspecified atom stereocenters. The summed E-state index contributed by atoms with van der Waals surface area (Å²) < 4.78 is 0. The number of hydrogen-bond acceptors (Lipinski definition) is 2. The SMILES string of the molecule is CC1=CC2CCC(C)C1(C)CCC1=CC(=O)N(CC(=O)O)[C@@H]12. The third-order valence-electron chi connectivity index (χ3n) is 6.34. The zero-order chi connectivity index (χ0) is 16.1. The fourth-order valence-electron chi connectivity index (χ4n) is 4.55. The van der Waals surface area contributed by atoms with Crippen LogP contribution in [0.2, 0.25) is 0 Å². The Hall–Kier alpha value is -1.58. The molecular weight excluding hydrogens is 278 g/mol. The second-order valence-corrected chi connectivity index (χ2v) is 7.43. The number of rotatable bonds is 2. The minimum Gasteiger partial charge on any atom is -0.480 e. The first-order valence-electron chi connectivity index (χ1n) is 8.24. The van der Waals surface area contributed by atoms with Gasteiger partial charge in [0.25, 0.3) is 0 Å². The Morgan fingerprint density at radius 1 is 1.45 bits per heavy atom. The molecule has 3 aliphatic rings. The van der Waals surface area contributed by atoms with Crippen LogP contribution < -0.4 is 0 Å². The molecule has 4 heteroatoms. The summed E-state index contributed by atoms with van der Waals surface area (Å²) in [6.07, 6.45) is 8.13. The third-order valence-corrected chi connectivity index (χ3v) is 6.34. The Labute approximate surface area is 131 Å². The lowest BCUT2D eigenvalue weighted by Gasteiger charge is -2.38. The van der Waals surface area contributed by atoms with Gasteiger partial charge in [-0.2, -0.15) is 0 Å². The van der Waals surface area contributed by atoms with E-state index in [1.54, 1.807) is 11.0 Å². The van der Waals surface area contributed by atoms with Crippen LogP contribution in [0, 0.1) is 17.3 Å². The van der Waals surface area contributed by atoms with Gasteiger partial charge >= 0.3 is 5.97 Å². The van der Waals surface area contributed by atoms with Crippen LogP contribution in [0.3, 0.4) is 0 Å². The van der Waals surface area contributed by atoms with Crippen molar-refractivity contribution >= 4 is 11.9 Å². The van der Waals surface area contributed by atoms with Gasteiger partial charge in [-0.15, -0.1) is 0 Å². The molecule has 0 aromatic rings. The first kappa shape index (κ1) is 15.3. The van der Waals surface area contributed by atoms with Gasteiger partial charge in [-0.1, -0.05) is 25.5 Å². The van der Waals surface area contributed by atoms with Gasteiger partial charge in [-0.05, 0) is 49.5 Å². The van der Waals surface area contributed by atoms with E-state index in [1.165, 1.54) is 5.57 Å². The van der Waals surface area contributed by atoms with Crippen LogP contribution in [0.15, 0.2) is 23.3 Å². The largest absolute Gasteiger partial charge is 0.480 e. The van der Waals surface area contributed by atoms with Crippen molar-refractivity contribution in [3.8, 4) is 0 Å². The molecule has 1 N–H and O–H groups in total. The highest BCUT2D eigenvalue weighted by atomic mass is 16.4.